The zero-order valence-electron chi connectivity index (χ0n) is 17.9. The average molecular weight is 460 g/mol. The molecule has 2 aromatic rings. The molecule has 166 valence electrons. The average Bonchev–Trinajstić information content (AvgIpc) is 3.51. The predicted molar refractivity (Wildman–Crippen MR) is 123 cm³/mol. The van der Waals surface area contributed by atoms with E-state index in [-0.39, 0.29) is 6.10 Å². The van der Waals surface area contributed by atoms with Gasteiger partial charge >= 0.3 is 5.97 Å². The first-order chi connectivity index (χ1) is 15.1. The first kappa shape index (κ1) is 22.5. The van der Waals surface area contributed by atoms with Crippen LogP contribution in [0.2, 0.25) is 0 Å². The highest BCUT2D eigenvalue weighted by Crippen LogP contribution is 2.40. The van der Waals surface area contributed by atoms with Crippen LogP contribution in [0.4, 0.5) is 0 Å². The summed E-state index contributed by atoms with van der Waals surface area (Å²) in [7, 11) is 0. The number of nitrogens with zero attached hydrogens (tertiary/aromatic N) is 2. The van der Waals surface area contributed by atoms with Gasteiger partial charge in [0.05, 0.1) is 35.5 Å². The number of unbranched alkanes of at least 4 members (excludes halogenated alkanes) is 4. The van der Waals surface area contributed by atoms with Gasteiger partial charge in [0, 0.05) is 25.2 Å². The van der Waals surface area contributed by atoms with E-state index in [0.29, 0.717) is 22.1 Å². The maximum atomic E-state index is 13.4. The highest BCUT2D eigenvalue weighted by atomic mass is 32.1. The second-order valence-electron chi connectivity index (χ2n) is 8.96. The van der Waals surface area contributed by atoms with Gasteiger partial charge in [0.15, 0.2) is 6.10 Å². The minimum atomic E-state index is -1.72. The van der Waals surface area contributed by atoms with Crippen LogP contribution < -0.4 is 0 Å². The van der Waals surface area contributed by atoms with Crippen molar-refractivity contribution in [2.24, 2.45) is 5.92 Å². The molecule has 7 heteroatoms. The van der Waals surface area contributed by atoms with Crippen molar-refractivity contribution in [2.75, 3.05) is 26.2 Å². The van der Waals surface area contributed by atoms with E-state index in [2.05, 4.69) is 6.07 Å². The molecule has 5 nitrogen and oxygen atoms in total. The van der Waals surface area contributed by atoms with Gasteiger partial charge in [-0.05, 0) is 42.2 Å². The van der Waals surface area contributed by atoms with Gasteiger partial charge in [-0.3, -0.25) is 0 Å². The summed E-state index contributed by atoms with van der Waals surface area (Å²) in [6, 6.07) is 9.55. The molecule has 0 amide bonds. The number of aliphatic hydroxyl groups is 1. The Kier molecular flexibility index (Phi) is 7.12. The van der Waals surface area contributed by atoms with Gasteiger partial charge in [-0.1, -0.05) is 18.6 Å². The number of fused-ring (bicyclic) bond motifs is 3. The second kappa shape index (κ2) is 9.83. The van der Waals surface area contributed by atoms with Crippen LogP contribution in [0.5, 0.6) is 0 Å². The fraction of sp³-hybridized carbons (Fsp3) is 0.583. The number of hydrogen-bond acceptors (Lipinski definition) is 6. The number of carbonyl (C=O) groups excluding carboxylic acids is 1. The van der Waals surface area contributed by atoms with Gasteiger partial charge in [0.2, 0.25) is 5.60 Å². The Hall–Kier alpha value is -1.72. The lowest BCUT2D eigenvalue weighted by Crippen LogP contribution is -2.65. The predicted octanol–water partition coefficient (Wildman–Crippen LogP) is 4.67. The highest BCUT2D eigenvalue weighted by molar-refractivity contribution is 7.12. The van der Waals surface area contributed by atoms with Crippen LogP contribution in [-0.4, -0.2) is 47.8 Å². The van der Waals surface area contributed by atoms with E-state index >= 15 is 0 Å². The topological polar surface area (TPSA) is 70.3 Å². The third-order valence-electron chi connectivity index (χ3n) is 7.02. The molecule has 1 atom stereocenters. The summed E-state index contributed by atoms with van der Waals surface area (Å²) in [6.45, 7) is 4.31. The van der Waals surface area contributed by atoms with E-state index in [1.807, 2.05) is 35.0 Å². The molecule has 0 saturated carbocycles. The molecule has 3 aliphatic rings. The summed E-state index contributed by atoms with van der Waals surface area (Å²) in [5, 5.41) is 24.0. The zero-order valence-corrected chi connectivity index (χ0v) is 19.5. The van der Waals surface area contributed by atoms with Crippen LogP contribution in [0.3, 0.4) is 0 Å². The van der Waals surface area contributed by atoms with E-state index in [1.54, 1.807) is 0 Å². The van der Waals surface area contributed by atoms with Crippen molar-refractivity contribution in [2.45, 2.75) is 56.7 Å². The van der Waals surface area contributed by atoms with E-state index in [4.69, 9.17) is 10.00 Å². The van der Waals surface area contributed by atoms with Crippen molar-refractivity contribution >= 4 is 28.6 Å². The maximum Gasteiger partial charge on any atom is 0.349 e. The molecule has 3 saturated heterocycles. The summed E-state index contributed by atoms with van der Waals surface area (Å²) >= 11 is 2.77. The van der Waals surface area contributed by atoms with Crippen molar-refractivity contribution in [1.82, 2.24) is 0 Å². The SMILES string of the molecule is N#CCCCCCC[N+]12CCC(CC1)[C@@H](OC(=O)C(O)(c1cccs1)c1cccs1)C2. The molecule has 3 fully saturated rings. The lowest BCUT2D eigenvalue weighted by molar-refractivity contribution is -0.946. The van der Waals surface area contributed by atoms with Gasteiger partial charge in [-0.15, -0.1) is 22.7 Å². The molecule has 0 spiro atoms. The monoisotopic (exact) mass is 459 g/mol. The minimum Gasteiger partial charge on any atom is -0.453 e. The van der Waals surface area contributed by atoms with Crippen molar-refractivity contribution in [3.63, 3.8) is 0 Å². The molecule has 31 heavy (non-hydrogen) atoms. The molecule has 0 radical (unpaired) electrons. The summed E-state index contributed by atoms with van der Waals surface area (Å²) in [5.41, 5.74) is -1.72. The Bertz CT molecular complexity index is 846. The molecule has 2 aromatic heterocycles. The highest BCUT2D eigenvalue weighted by Gasteiger charge is 2.51. The number of piperidine rings is 3. The fourth-order valence-electron chi connectivity index (χ4n) is 5.19. The van der Waals surface area contributed by atoms with Gasteiger partial charge in [-0.2, -0.15) is 5.26 Å². The number of hydrogen-bond donors (Lipinski definition) is 1. The standard InChI is InChI=1S/C24H31N2O3S2/c25-12-4-2-1-3-5-13-26-14-10-19(11-15-26)20(18-26)29-23(27)24(28,21-8-6-16-30-21)22-9-7-17-31-22/h6-9,16-17,19-20,28H,1-5,10-11,13-15,18H2/q+1/t19?,20-,26?/m0/s1. The van der Waals surface area contributed by atoms with E-state index in [9.17, 15) is 9.90 Å². The smallest absolute Gasteiger partial charge is 0.349 e. The van der Waals surface area contributed by atoms with Crippen molar-refractivity contribution in [3.05, 3.63) is 44.8 Å². The first-order valence-corrected chi connectivity index (χ1v) is 13.1. The van der Waals surface area contributed by atoms with Gasteiger partial charge in [-0.25, -0.2) is 4.79 Å². The number of ether oxygens (including phenoxy) is 1. The van der Waals surface area contributed by atoms with Gasteiger partial charge in [0.1, 0.15) is 6.54 Å². The summed E-state index contributed by atoms with van der Waals surface area (Å²) in [5.74, 6) is -0.138. The molecular formula is C24H31N2O3S2+. The van der Waals surface area contributed by atoms with E-state index < -0.39 is 11.6 Å². The van der Waals surface area contributed by atoms with Crippen LogP contribution in [0.25, 0.3) is 0 Å². The third-order valence-corrected chi connectivity index (χ3v) is 8.98. The van der Waals surface area contributed by atoms with Crippen LogP contribution in [0, 0.1) is 17.2 Å². The first-order valence-electron chi connectivity index (χ1n) is 11.3. The van der Waals surface area contributed by atoms with Crippen molar-refractivity contribution < 1.29 is 19.1 Å². The van der Waals surface area contributed by atoms with Crippen LogP contribution in [-0.2, 0) is 15.1 Å². The van der Waals surface area contributed by atoms with Crippen LogP contribution in [0.15, 0.2) is 35.0 Å². The van der Waals surface area contributed by atoms with Crippen LogP contribution in [0.1, 0.15) is 54.7 Å². The number of rotatable bonds is 10. The Labute approximate surface area is 192 Å². The number of carbonyl (C=O) groups is 1. The number of thiophene rings is 2. The molecule has 5 rings (SSSR count). The third kappa shape index (κ3) is 4.73. The Morgan fingerprint density at radius 3 is 2.35 bits per heavy atom. The normalized spacial score (nSPS) is 25.3. The van der Waals surface area contributed by atoms with E-state index in [0.717, 1.165) is 69.2 Å². The van der Waals surface area contributed by atoms with Gasteiger partial charge < -0.3 is 14.3 Å². The summed E-state index contributed by atoms with van der Waals surface area (Å²) in [4.78, 5) is 14.6. The molecule has 2 bridgehead atoms. The largest absolute Gasteiger partial charge is 0.453 e. The number of esters is 1. The Balaban J connectivity index is 1.41. The molecule has 3 aliphatic heterocycles. The molecular weight excluding hydrogens is 428 g/mol. The summed E-state index contributed by atoms with van der Waals surface area (Å²) < 4.78 is 7.13. The van der Waals surface area contributed by atoms with Crippen molar-refractivity contribution in [3.8, 4) is 6.07 Å². The van der Waals surface area contributed by atoms with Crippen LogP contribution >= 0.6 is 22.7 Å². The van der Waals surface area contributed by atoms with E-state index in [1.165, 1.54) is 22.7 Å². The van der Waals surface area contributed by atoms with Crippen molar-refractivity contribution in [1.29, 1.82) is 5.26 Å². The molecule has 1 N–H and O–H groups in total. The molecule has 0 aromatic carbocycles. The minimum absolute atomic E-state index is 0.125. The number of nitriles is 1. The zero-order chi connectivity index (χ0) is 21.7. The lowest BCUT2D eigenvalue weighted by Gasteiger charge is -2.52. The Morgan fingerprint density at radius 1 is 1.13 bits per heavy atom. The Morgan fingerprint density at radius 2 is 1.77 bits per heavy atom. The molecule has 5 heterocycles. The summed E-state index contributed by atoms with van der Waals surface area (Å²) in [6.07, 6.45) is 7.12. The lowest BCUT2D eigenvalue weighted by atomic mass is 9.82. The molecule has 0 unspecified atom stereocenters. The quantitative estimate of drug-likeness (QED) is 0.318. The molecule has 0 aliphatic carbocycles. The van der Waals surface area contributed by atoms with Gasteiger partial charge in [0.25, 0.3) is 0 Å². The fourth-order valence-corrected chi connectivity index (χ4v) is 6.90. The second-order valence-corrected chi connectivity index (χ2v) is 10.9. The maximum absolute atomic E-state index is 13.4. The number of quaternary nitrogens is 1.